The van der Waals surface area contributed by atoms with E-state index >= 15 is 0 Å². The minimum atomic E-state index is -0.534. The molecule has 1 amide bonds. The zero-order valence-corrected chi connectivity index (χ0v) is 15.3. The van der Waals surface area contributed by atoms with Gasteiger partial charge >= 0.3 is 5.69 Å². The number of anilines is 1. The van der Waals surface area contributed by atoms with Gasteiger partial charge in [-0.3, -0.25) is 28.8 Å². The van der Waals surface area contributed by atoms with Crippen LogP contribution in [0.5, 0.6) is 0 Å². The molecule has 0 saturated heterocycles. The second-order valence-electron chi connectivity index (χ2n) is 6.28. The number of rotatable bonds is 6. The van der Waals surface area contributed by atoms with Gasteiger partial charge in [-0.2, -0.15) is 0 Å². The van der Waals surface area contributed by atoms with E-state index in [-0.39, 0.29) is 23.7 Å². The van der Waals surface area contributed by atoms with Gasteiger partial charge in [0.1, 0.15) is 0 Å². The van der Waals surface area contributed by atoms with Crippen LogP contribution in [0, 0.1) is 10.1 Å². The smallest absolute Gasteiger partial charge is 0.326 e. The number of non-ortho nitro benzene ring substituents is 1. The summed E-state index contributed by atoms with van der Waals surface area (Å²) in [5.41, 5.74) is -0.0890. The number of hydrogen-bond donors (Lipinski definition) is 1. The predicted octanol–water partition coefficient (Wildman–Crippen LogP) is 0.761. The first-order valence-electron chi connectivity index (χ1n) is 8.44. The third-order valence-electron chi connectivity index (χ3n) is 4.36. The fourth-order valence-electron chi connectivity index (χ4n) is 2.90. The van der Waals surface area contributed by atoms with Gasteiger partial charge in [-0.25, -0.2) is 9.78 Å². The quantitative estimate of drug-likeness (QED) is 0.491. The number of aromatic nitrogens is 4. The molecule has 1 N–H and O–H groups in total. The monoisotopic (exact) mass is 386 g/mol. The van der Waals surface area contributed by atoms with Crippen molar-refractivity contribution >= 4 is 28.4 Å². The number of nitro groups is 1. The number of fused-ring (bicyclic) bond motifs is 1. The summed E-state index contributed by atoms with van der Waals surface area (Å²) in [4.78, 5) is 50.8. The van der Waals surface area contributed by atoms with Crippen LogP contribution in [0.25, 0.3) is 11.2 Å². The van der Waals surface area contributed by atoms with E-state index in [1.165, 1.54) is 43.2 Å². The van der Waals surface area contributed by atoms with E-state index in [2.05, 4.69) is 10.3 Å². The van der Waals surface area contributed by atoms with E-state index in [1.54, 1.807) is 10.6 Å². The van der Waals surface area contributed by atoms with Crippen molar-refractivity contribution in [2.75, 3.05) is 5.32 Å². The van der Waals surface area contributed by atoms with E-state index in [0.29, 0.717) is 24.2 Å². The lowest BCUT2D eigenvalue weighted by Gasteiger charge is -2.07. The average Bonchev–Trinajstić information content (AvgIpc) is 3.09. The molecule has 0 aliphatic heterocycles. The highest BCUT2D eigenvalue weighted by molar-refractivity contribution is 5.91. The van der Waals surface area contributed by atoms with Crippen molar-refractivity contribution in [3.63, 3.8) is 0 Å². The maximum absolute atomic E-state index is 12.4. The Morgan fingerprint density at radius 3 is 2.71 bits per heavy atom. The van der Waals surface area contributed by atoms with Crippen LogP contribution in [0.3, 0.4) is 0 Å². The highest BCUT2D eigenvalue weighted by atomic mass is 16.6. The molecule has 0 atom stereocenters. The Hall–Kier alpha value is -3.76. The highest BCUT2D eigenvalue weighted by Crippen LogP contribution is 2.17. The minimum Gasteiger partial charge on any atom is -0.326 e. The molecule has 11 heteroatoms. The third-order valence-corrected chi connectivity index (χ3v) is 4.36. The molecule has 0 saturated carbocycles. The zero-order valence-electron chi connectivity index (χ0n) is 15.3. The molecule has 2 aromatic heterocycles. The summed E-state index contributed by atoms with van der Waals surface area (Å²) >= 11 is 0. The van der Waals surface area contributed by atoms with Crippen LogP contribution in [0.15, 0.2) is 40.2 Å². The number of amides is 1. The number of hydrogen-bond acceptors (Lipinski definition) is 6. The van der Waals surface area contributed by atoms with Gasteiger partial charge in [0.15, 0.2) is 11.2 Å². The molecule has 3 rings (SSSR count). The normalized spacial score (nSPS) is 10.9. The van der Waals surface area contributed by atoms with Gasteiger partial charge < -0.3 is 9.88 Å². The molecule has 0 aliphatic carbocycles. The number of carbonyl (C=O) groups excluding carboxylic acids is 1. The molecule has 146 valence electrons. The lowest BCUT2D eigenvalue weighted by atomic mass is 10.2. The maximum atomic E-state index is 12.4. The van der Waals surface area contributed by atoms with Crippen LogP contribution in [0.2, 0.25) is 0 Å². The van der Waals surface area contributed by atoms with Crippen LogP contribution < -0.4 is 16.6 Å². The molecule has 28 heavy (non-hydrogen) atoms. The van der Waals surface area contributed by atoms with Crippen molar-refractivity contribution in [2.24, 2.45) is 14.1 Å². The lowest BCUT2D eigenvalue weighted by Crippen LogP contribution is -2.37. The van der Waals surface area contributed by atoms with Gasteiger partial charge in [0.05, 0.1) is 11.3 Å². The van der Waals surface area contributed by atoms with Gasteiger partial charge in [-0.15, -0.1) is 0 Å². The van der Waals surface area contributed by atoms with Crippen LogP contribution in [0.4, 0.5) is 11.4 Å². The molecule has 0 fully saturated rings. The first-order valence-corrected chi connectivity index (χ1v) is 8.44. The Morgan fingerprint density at radius 1 is 1.25 bits per heavy atom. The number of nitro benzene ring substituents is 1. The summed E-state index contributed by atoms with van der Waals surface area (Å²) in [7, 11) is 2.93. The maximum Gasteiger partial charge on any atom is 0.332 e. The number of carbonyl (C=O) groups is 1. The molecule has 0 radical (unpaired) electrons. The van der Waals surface area contributed by atoms with Gasteiger partial charge in [0.2, 0.25) is 5.91 Å². The molecule has 0 bridgehead atoms. The van der Waals surface area contributed by atoms with E-state index < -0.39 is 16.2 Å². The number of nitrogens with one attached hydrogen (secondary N) is 1. The molecule has 11 nitrogen and oxygen atoms in total. The third kappa shape index (κ3) is 3.54. The Labute approximate surface area is 158 Å². The average molecular weight is 386 g/mol. The van der Waals surface area contributed by atoms with Crippen molar-refractivity contribution in [2.45, 2.75) is 19.4 Å². The number of nitrogens with zero attached hydrogens (tertiary/aromatic N) is 5. The van der Waals surface area contributed by atoms with Crippen molar-refractivity contribution in [1.82, 2.24) is 18.7 Å². The molecular formula is C17H18N6O5. The van der Waals surface area contributed by atoms with Crippen molar-refractivity contribution in [3.05, 3.63) is 61.5 Å². The van der Waals surface area contributed by atoms with Gasteiger partial charge in [0.25, 0.3) is 11.2 Å². The van der Waals surface area contributed by atoms with Crippen LogP contribution in [-0.4, -0.2) is 29.5 Å². The first kappa shape index (κ1) is 19.0. The minimum absolute atomic E-state index is 0.107. The number of aryl methyl sites for hydroxylation is 2. The fraction of sp³-hybridized carbons (Fsp3) is 0.294. The molecular weight excluding hydrogens is 368 g/mol. The van der Waals surface area contributed by atoms with Crippen LogP contribution in [0.1, 0.15) is 12.8 Å². The summed E-state index contributed by atoms with van der Waals surface area (Å²) < 4.78 is 3.91. The molecule has 0 spiro atoms. The molecule has 3 aromatic rings. The molecule has 0 aliphatic rings. The van der Waals surface area contributed by atoms with E-state index in [0.717, 1.165) is 4.57 Å². The second-order valence-corrected chi connectivity index (χ2v) is 6.28. The van der Waals surface area contributed by atoms with E-state index in [9.17, 15) is 24.5 Å². The van der Waals surface area contributed by atoms with E-state index in [1.807, 2.05) is 0 Å². The Morgan fingerprint density at radius 2 is 2.00 bits per heavy atom. The van der Waals surface area contributed by atoms with Gasteiger partial charge in [-0.1, -0.05) is 6.07 Å². The van der Waals surface area contributed by atoms with Crippen LogP contribution >= 0.6 is 0 Å². The van der Waals surface area contributed by atoms with Crippen molar-refractivity contribution in [1.29, 1.82) is 0 Å². The summed E-state index contributed by atoms with van der Waals surface area (Å²) in [5, 5.41) is 13.4. The Kier molecular flexibility index (Phi) is 5.07. The Bertz CT molecular complexity index is 1190. The summed E-state index contributed by atoms with van der Waals surface area (Å²) in [6, 6.07) is 5.68. The van der Waals surface area contributed by atoms with Crippen molar-refractivity contribution < 1.29 is 9.72 Å². The molecule has 1 aromatic carbocycles. The van der Waals surface area contributed by atoms with E-state index in [4.69, 9.17) is 0 Å². The van der Waals surface area contributed by atoms with Crippen LogP contribution in [-0.2, 0) is 25.4 Å². The fourth-order valence-corrected chi connectivity index (χ4v) is 2.90. The zero-order chi connectivity index (χ0) is 20.4. The number of benzene rings is 1. The van der Waals surface area contributed by atoms with Gasteiger partial charge in [0, 0.05) is 44.9 Å². The summed E-state index contributed by atoms with van der Waals surface area (Å²) in [5.74, 6) is -0.301. The summed E-state index contributed by atoms with van der Waals surface area (Å²) in [6.07, 6.45) is 2.02. The second kappa shape index (κ2) is 7.47. The highest BCUT2D eigenvalue weighted by Gasteiger charge is 2.14. The largest absolute Gasteiger partial charge is 0.332 e. The van der Waals surface area contributed by atoms with Gasteiger partial charge in [-0.05, 0) is 12.5 Å². The standard InChI is InChI=1S/C17H18N6O5/c1-20-15-14(16(25)21(2)17(20)26)22(10-18-15)8-4-7-13(24)19-11-5-3-6-12(9-11)23(27)28/h3,5-6,9-10H,4,7-8H2,1-2H3,(H,19,24). The molecule has 0 unspecified atom stereocenters. The summed E-state index contributed by atoms with van der Waals surface area (Å²) in [6.45, 7) is 0.353. The predicted molar refractivity (Wildman–Crippen MR) is 101 cm³/mol. The Balaban J connectivity index is 1.68. The topological polar surface area (TPSA) is 134 Å². The van der Waals surface area contributed by atoms with Crippen molar-refractivity contribution in [3.8, 4) is 0 Å². The molecule has 2 heterocycles. The SMILES string of the molecule is Cn1c(=O)c2c(ncn2CCCC(=O)Nc2cccc([N+](=O)[O-])c2)n(C)c1=O. The lowest BCUT2D eigenvalue weighted by molar-refractivity contribution is -0.384. The number of imidazole rings is 1. The first-order chi connectivity index (χ1) is 13.3.